The Morgan fingerprint density at radius 1 is 1.04 bits per heavy atom. The maximum absolute atomic E-state index is 12.6. The van der Waals surface area contributed by atoms with Gasteiger partial charge in [-0.05, 0) is 42.5 Å². The standard InChI is InChI=1S/C18H18N4O/c1-21(2)15-10-8-14(9-11-15)20-18(23)16-6-3-4-7-17(16)22-13-5-12-19-22/h3-13H,1-2H3,(H,20,23). The van der Waals surface area contributed by atoms with Crippen molar-refractivity contribution in [2.45, 2.75) is 0 Å². The van der Waals surface area contributed by atoms with E-state index in [0.717, 1.165) is 17.1 Å². The molecule has 5 heteroatoms. The number of amides is 1. The highest BCUT2D eigenvalue weighted by molar-refractivity contribution is 6.06. The lowest BCUT2D eigenvalue weighted by molar-refractivity contribution is 0.102. The monoisotopic (exact) mass is 306 g/mol. The van der Waals surface area contributed by atoms with Crippen LogP contribution in [0.1, 0.15) is 10.4 Å². The third kappa shape index (κ3) is 3.23. The average molecular weight is 306 g/mol. The Morgan fingerprint density at radius 3 is 2.43 bits per heavy atom. The van der Waals surface area contributed by atoms with Gasteiger partial charge in [0.05, 0.1) is 11.3 Å². The second-order valence-corrected chi connectivity index (χ2v) is 5.36. The largest absolute Gasteiger partial charge is 0.378 e. The van der Waals surface area contributed by atoms with E-state index in [4.69, 9.17) is 0 Å². The smallest absolute Gasteiger partial charge is 0.257 e. The molecule has 0 radical (unpaired) electrons. The van der Waals surface area contributed by atoms with Gasteiger partial charge in [0.15, 0.2) is 0 Å². The lowest BCUT2D eigenvalue weighted by Gasteiger charge is -2.14. The summed E-state index contributed by atoms with van der Waals surface area (Å²) in [5.74, 6) is -0.159. The second-order valence-electron chi connectivity index (χ2n) is 5.36. The summed E-state index contributed by atoms with van der Waals surface area (Å²) in [5.41, 5.74) is 3.17. The number of carbonyl (C=O) groups excluding carboxylic acids is 1. The molecule has 116 valence electrons. The van der Waals surface area contributed by atoms with Crippen LogP contribution in [0.15, 0.2) is 67.0 Å². The first-order valence-corrected chi connectivity index (χ1v) is 7.33. The van der Waals surface area contributed by atoms with Crippen LogP contribution in [0, 0.1) is 0 Å². The van der Waals surface area contributed by atoms with Crippen molar-refractivity contribution < 1.29 is 4.79 Å². The van der Waals surface area contributed by atoms with Crippen LogP contribution in [0.5, 0.6) is 0 Å². The number of rotatable bonds is 4. The van der Waals surface area contributed by atoms with Crippen LogP contribution < -0.4 is 10.2 Å². The van der Waals surface area contributed by atoms with Gasteiger partial charge in [-0.1, -0.05) is 12.1 Å². The van der Waals surface area contributed by atoms with Crippen molar-refractivity contribution in [3.8, 4) is 5.69 Å². The van der Waals surface area contributed by atoms with Crippen LogP contribution in [-0.2, 0) is 0 Å². The summed E-state index contributed by atoms with van der Waals surface area (Å²) >= 11 is 0. The normalized spacial score (nSPS) is 10.3. The molecule has 0 saturated carbocycles. The second kappa shape index (κ2) is 6.36. The molecule has 23 heavy (non-hydrogen) atoms. The Morgan fingerprint density at radius 2 is 1.78 bits per heavy atom. The van der Waals surface area contributed by atoms with E-state index in [2.05, 4.69) is 10.4 Å². The van der Waals surface area contributed by atoms with Gasteiger partial charge in [-0.2, -0.15) is 5.10 Å². The van der Waals surface area contributed by atoms with E-state index < -0.39 is 0 Å². The minimum atomic E-state index is -0.159. The molecule has 1 aromatic heterocycles. The maximum atomic E-state index is 12.6. The molecule has 2 aromatic carbocycles. The first-order valence-electron chi connectivity index (χ1n) is 7.33. The lowest BCUT2D eigenvalue weighted by Crippen LogP contribution is -2.15. The fraction of sp³-hybridized carbons (Fsp3) is 0.111. The quantitative estimate of drug-likeness (QED) is 0.805. The van der Waals surface area contributed by atoms with Gasteiger partial charge in [0, 0.05) is 37.9 Å². The average Bonchev–Trinajstić information content (AvgIpc) is 3.09. The summed E-state index contributed by atoms with van der Waals surface area (Å²) in [7, 11) is 3.96. The number of hydrogen-bond donors (Lipinski definition) is 1. The number of para-hydroxylation sites is 1. The Bertz CT molecular complexity index is 792. The third-order valence-electron chi connectivity index (χ3n) is 3.54. The van der Waals surface area contributed by atoms with Crippen molar-refractivity contribution in [2.75, 3.05) is 24.3 Å². The van der Waals surface area contributed by atoms with E-state index in [-0.39, 0.29) is 5.91 Å². The summed E-state index contributed by atoms with van der Waals surface area (Å²) < 4.78 is 1.68. The van der Waals surface area contributed by atoms with Crippen LogP contribution in [0.4, 0.5) is 11.4 Å². The fourth-order valence-electron chi connectivity index (χ4n) is 2.32. The van der Waals surface area contributed by atoms with Crippen LogP contribution in [0.25, 0.3) is 5.69 Å². The molecule has 0 aliphatic carbocycles. The molecule has 0 bridgehead atoms. The molecule has 0 aliphatic heterocycles. The summed E-state index contributed by atoms with van der Waals surface area (Å²) in [4.78, 5) is 14.6. The number of benzene rings is 2. The van der Waals surface area contributed by atoms with E-state index in [9.17, 15) is 4.79 Å². The molecule has 0 spiro atoms. The summed E-state index contributed by atoms with van der Waals surface area (Å²) in [6.07, 6.45) is 3.51. The summed E-state index contributed by atoms with van der Waals surface area (Å²) in [5, 5.41) is 7.13. The molecule has 0 fully saturated rings. The Labute approximate surface area is 135 Å². The number of nitrogens with zero attached hydrogens (tertiary/aromatic N) is 3. The molecule has 0 unspecified atom stereocenters. The zero-order chi connectivity index (χ0) is 16.2. The number of nitrogens with one attached hydrogen (secondary N) is 1. The molecule has 1 amide bonds. The van der Waals surface area contributed by atoms with Crippen LogP contribution in [-0.4, -0.2) is 29.8 Å². The van der Waals surface area contributed by atoms with E-state index in [0.29, 0.717) is 5.56 Å². The highest BCUT2D eigenvalue weighted by Gasteiger charge is 2.12. The molecule has 0 saturated heterocycles. The summed E-state index contributed by atoms with van der Waals surface area (Å²) in [6, 6.07) is 16.9. The molecule has 0 atom stereocenters. The van der Waals surface area contributed by atoms with Crippen molar-refractivity contribution >= 4 is 17.3 Å². The highest BCUT2D eigenvalue weighted by Crippen LogP contribution is 2.18. The van der Waals surface area contributed by atoms with Crippen molar-refractivity contribution in [1.29, 1.82) is 0 Å². The first-order chi connectivity index (χ1) is 11.1. The Hall–Kier alpha value is -3.08. The van der Waals surface area contributed by atoms with Gasteiger partial charge in [-0.15, -0.1) is 0 Å². The SMILES string of the molecule is CN(C)c1ccc(NC(=O)c2ccccc2-n2cccn2)cc1. The molecule has 3 aromatic rings. The minimum Gasteiger partial charge on any atom is -0.378 e. The molecule has 1 N–H and O–H groups in total. The van der Waals surface area contributed by atoms with Crippen molar-refractivity contribution in [3.63, 3.8) is 0 Å². The zero-order valence-electron chi connectivity index (χ0n) is 13.1. The van der Waals surface area contributed by atoms with Crippen molar-refractivity contribution in [2.24, 2.45) is 0 Å². The topological polar surface area (TPSA) is 50.2 Å². The number of hydrogen-bond acceptors (Lipinski definition) is 3. The highest BCUT2D eigenvalue weighted by atomic mass is 16.1. The van der Waals surface area contributed by atoms with E-state index in [1.165, 1.54) is 0 Å². The third-order valence-corrected chi connectivity index (χ3v) is 3.54. The summed E-state index contributed by atoms with van der Waals surface area (Å²) in [6.45, 7) is 0. The van der Waals surface area contributed by atoms with Gasteiger partial charge in [-0.3, -0.25) is 4.79 Å². The Kier molecular flexibility index (Phi) is 4.10. The van der Waals surface area contributed by atoms with Crippen LogP contribution in [0.2, 0.25) is 0 Å². The predicted octanol–water partition coefficient (Wildman–Crippen LogP) is 3.19. The number of anilines is 2. The lowest BCUT2D eigenvalue weighted by atomic mass is 10.1. The van der Waals surface area contributed by atoms with E-state index in [1.807, 2.05) is 73.7 Å². The van der Waals surface area contributed by atoms with Crippen LogP contribution >= 0.6 is 0 Å². The Balaban J connectivity index is 1.84. The van der Waals surface area contributed by atoms with E-state index in [1.54, 1.807) is 16.9 Å². The van der Waals surface area contributed by atoms with Gasteiger partial charge in [0.1, 0.15) is 0 Å². The van der Waals surface area contributed by atoms with E-state index >= 15 is 0 Å². The first kappa shape index (κ1) is 14.8. The number of aromatic nitrogens is 2. The van der Waals surface area contributed by atoms with Crippen molar-refractivity contribution in [1.82, 2.24) is 9.78 Å². The number of carbonyl (C=O) groups is 1. The van der Waals surface area contributed by atoms with Crippen molar-refractivity contribution in [3.05, 3.63) is 72.6 Å². The molecule has 3 rings (SSSR count). The van der Waals surface area contributed by atoms with Gasteiger partial charge in [0.2, 0.25) is 0 Å². The molecule has 0 aliphatic rings. The van der Waals surface area contributed by atoms with Crippen LogP contribution in [0.3, 0.4) is 0 Å². The molecule has 1 heterocycles. The zero-order valence-corrected chi connectivity index (χ0v) is 13.1. The molecular weight excluding hydrogens is 288 g/mol. The minimum absolute atomic E-state index is 0.159. The van der Waals surface area contributed by atoms with Gasteiger partial charge >= 0.3 is 0 Å². The van der Waals surface area contributed by atoms with Gasteiger partial charge in [0.25, 0.3) is 5.91 Å². The fourth-order valence-corrected chi connectivity index (χ4v) is 2.32. The maximum Gasteiger partial charge on any atom is 0.257 e. The molecule has 5 nitrogen and oxygen atoms in total. The van der Waals surface area contributed by atoms with Gasteiger partial charge in [-0.25, -0.2) is 4.68 Å². The predicted molar refractivity (Wildman–Crippen MR) is 92.3 cm³/mol. The van der Waals surface area contributed by atoms with Gasteiger partial charge < -0.3 is 10.2 Å². The molecular formula is C18H18N4O.